The van der Waals surface area contributed by atoms with Crippen molar-refractivity contribution in [3.8, 4) is 0 Å². The van der Waals surface area contributed by atoms with Gasteiger partial charge in [0.15, 0.2) is 0 Å². The Balaban J connectivity index is 1.72. The first kappa shape index (κ1) is 20.3. The fraction of sp³-hybridized carbons (Fsp3) is 0.227. The molecule has 9 heteroatoms. The van der Waals surface area contributed by atoms with Gasteiger partial charge < -0.3 is 15.0 Å². The van der Waals surface area contributed by atoms with E-state index in [1.807, 2.05) is 29.2 Å². The van der Waals surface area contributed by atoms with Crippen LogP contribution in [0.2, 0.25) is 0 Å². The first-order valence-electron chi connectivity index (χ1n) is 9.97. The molecule has 0 aliphatic carbocycles. The van der Waals surface area contributed by atoms with Crippen molar-refractivity contribution < 1.29 is 14.5 Å². The lowest BCUT2D eigenvalue weighted by atomic mass is 10.0. The SMILES string of the molecule is CCOC(=O)c1cccc(Nc2ncnc(N3CCCc4ccccc43)c2[N+](=O)[O-])c1. The number of ether oxygens (including phenoxy) is 1. The van der Waals surface area contributed by atoms with Crippen molar-refractivity contribution in [2.45, 2.75) is 19.8 Å². The quantitative estimate of drug-likeness (QED) is 0.356. The van der Waals surface area contributed by atoms with E-state index in [9.17, 15) is 14.9 Å². The van der Waals surface area contributed by atoms with Crippen LogP contribution in [0.3, 0.4) is 0 Å². The normalized spacial score (nSPS) is 12.7. The van der Waals surface area contributed by atoms with Crippen molar-refractivity contribution in [1.82, 2.24) is 9.97 Å². The van der Waals surface area contributed by atoms with Gasteiger partial charge in [-0.15, -0.1) is 0 Å². The molecule has 31 heavy (non-hydrogen) atoms. The van der Waals surface area contributed by atoms with Crippen molar-refractivity contribution in [3.63, 3.8) is 0 Å². The van der Waals surface area contributed by atoms with E-state index in [1.165, 1.54) is 6.33 Å². The van der Waals surface area contributed by atoms with Gasteiger partial charge in [0.1, 0.15) is 6.33 Å². The van der Waals surface area contributed by atoms with Gasteiger partial charge in [-0.1, -0.05) is 24.3 Å². The third kappa shape index (κ3) is 4.16. The van der Waals surface area contributed by atoms with Gasteiger partial charge in [-0.2, -0.15) is 0 Å². The molecule has 158 valence electrons. The van der Waals surface area contributed by atoms with Gasteiger partial charge in [-0.05, 0) is 49.6 Å². The molecule has 1 aromatic heterocycles. The van der Waals surface area contributed by atoms with E-state index in [2.05, 4.69) is 15.3 Å². The summed E-state index contributed by atoms with van der Waals surface area (Å²) in [6.45, 7) is 2.60. The summed E-state index contributed by atoms with van der Waals surface area (Å²) in [6.07, 6.45) is 3.08. The Morgan fingerprint density at radius 1 is 1.23 bits per heavy atom. The number of nitro groups is 1. The summed E-state index contributed by atoms with van der Waals surface area (Å²) in [5.41, 5.74) is 2.64. The molecular formula is C22H21N5O4. The van der Waals surface area contributed by atoms with Crippen LogP contribution in [-0.2, 0) is 11.2 Å². The zero-order valence-corrected chi connectivity index (χ0v) is 16.9. The Morgan fingerprint density at radius 3 is 2.87 bits per heavy atom. The van der Waals surface area contributed by atoms with Gasteiger partial charge >= 0.3 is 11.7 Å². The van der Waals surface area contributed by atoms with E-state index in [0.29, 0.717) is 17.8 Å². The summed E-state index contributed by atoms with van der Waals surface area (Å²) in [5.74, 6) is -0.177. The monoisotopic (exact) mass is 419 g/mol. The number of carbonyl (C=O) groups is 1. The smallest absolute Gasteiger partial charge is 0.354 e. The average Bonchev–Trinajstić information content (AvgIpc) is 2.79. The largest absolute Gasteiger partial charge is 0.462 e. The molecule has 2 aromatic carbocycles. The van der Waals surface area contributed by atoms with Gasteiger partial charge in [-0.3, -0.25) is 10.1 Å². The second kappa shape index (κ2) is 8.78. The lowest BCUT2D eigenvalue weighted by Gasteiger charge is -2.30. The molecule has 0 spiro atoms. The molecule has 0 amide bonds. The number of benzene rings is 2. The Hall–Kier alpha value is -4.01. The van der Waals surface area contributed by atoms with Gasteiger partial charge in [-0.25, -0.2) is 14.8 Å². The van der Waals surface area contributed by atoms with E-state index in [0.717, 1.165) is 24.1 Å². The van der Waals surface area contributed by atoms with Crippen molar-refractivity contribution in [3.05, 3.63) is 76.1 Å². The number of hydrogen-bond acceptors (Lipinski definition) is 8. The Kier molecular flexibility index (Phi) is 5.74. The molecule has 4 rings (SSSR count). The second-order valence-corrected chi connectivity index (χ2v) is 6.96. The van der Waals surface area contributed by atoms with Crippen molar-refractivity contribution in [1.29, 1.82) is 0 Å². The van der Waals surface area contributed by atoms with Crippen LogP contribution in [0.5, 0.6) is 0 Å². The summed E-state index contributed by atoms with van der Waals surface area (Å²) in [7, 11) is 0. The summed E-state index contributed by atoms with van der Waals surface area (Å²) in [4.78, 5) is 33.8. The number of para-hydroxylation sites is 1. The molecule has 3 aromatic rings. The number of aryl methyl sites for hydroxylation is 1. The maximum atomic E-state index is 12.0. The second-order valence-electron chi connectivity index (χ2n) is 6.96. The molecule has 0 radical (unpaired) electrons. The number of carbonyl (C=O) groups excluding carboxylic acids is 1. The minimum absolute atomic E-state index is 0.0547. The van der Waals surface area contributed by atoms with Gasteiger partial charge in [0.2, 0.25) is 11.6 Å². The van der Waals surface area contributed by atoms with Crippen molar-refractivity contribution in [2.75, 3.05) is 23.4 Å². The number of hydrogen-bond donors (Lipinski definition) is 1. The molecule has 0 atom stereocenters. The van der Waals surface area contributed by atoms with Crippen LogP contribution in [0.4, 0.5) is 28.7 Å². The van der Waals surface area contributed by atoms with E-state index in [4.69, 9.17) is 4.74 Å². The van der Waals surface area contributed by atoms with E-state index in [-0.39, 0.29) is 23.9 Å². The van der Waals surface area contributed by atoms with E-state index in [1.54, 1.807) is 31.2 Å². The highest BCUT2D eigenvalue weighted by Crippen LogP contribution is 2.40. The third-order valence-electron chi connectivity index (χ3n) is 4.99. The maximum absolute atomic E-state index is 12.0. The molecule has 1 aliphatic heterocycles. The molecule has 1 aliphatic rings. The first-order valence-corrected chi connectivity index (χ1v) is 9.97. The standard InChI is InChI=1S/C22H21N5O4/c1-2-31-22(28)16-8-5-10-17(13-16)25-20-19(27(29)30)21(24-14-23-20)26-12-6-9-15-7-3-4-11-18(15)26/h3-5,7-8,10-11,13-14H,2,6,9,12H2,1H3,(H,23,24,25). The molecule has 2 heterocycles. The summed E-state index contributed by atoms with van der Waals surface area (Å²) >= 11 is 0. The van der Waals surface area contributed by atoms with Gasteiger partial charge in [0.25, 0.3) is 0 Å². The minimum Gasteiger partial charge on any atom is -0.462 e. The lowest BCUT2D eigenvalue weighted by Crippen LogP contribution is -2.26. The highest BCUT2D eigenvalue weighted by atomic mass is 16.6. The molecule has 0 bridgehead atoms. The number of anilines is 4. The number of rotatable bonds is 6. The van der Waals surface area contributed by atoms with E-state index >= 15 is 0 Å². The van der Waals surface area contributed by atoms with Crippen LogP contribution in [0, 0.1) is 10.1 Å². The van der Waals surface area contributed by atoms with E-state index < -0.39 is 10.9 Å². The number of nitrogens with one attached hydrogen (secondary N) is 1. The molecule has 0 saturated heterocycles. The predicted octanol–water partition coefficient (Wildman–Crippen LogP) is 4.39. The van der Waals surface area contributed by atoms with Crippen LogP contribution in [0.15, 0.2) is 54.9 Å². The Morgan fingerprint density at radius 2 is 2.06 bits per heavy atom. The van der Waals surface area contributed by atoms with Gasteiger partial charge in [0, 0.05) is 17.9 Å². The fourth-order valence-corrected chi connectivity index (χ4v) is 3.66. The molecule has 1 N–H and O–H groups in total. The third-order valence-corrected chi connectivity index (χ3v) is 4.99. The number of nitrogens with zero attached hydrogens (tertiary/aromatic N) is 4. The molecule has 0 unspecified atom stereocenters. The van der Waals surface area contributed by atoms with Crippen LogP contribution < -0.4 is 10.2 Å². The lowest BCUT2D eigenvalue weighted by molar-refractivity contribution is -0.383. The zero-order valence-electron chi connectivity index (χ0n) is 16.9. The summed E-state index contributed by atoms with van der Waals surface area (Å²) in [5, 5.41) is 15.0. The Bertz CT molecular complexity index is 1130. The van der Waals surface area contributed by atoms with Crippen molar-refractivity contribution >= 4 is 34.7 Å². The minimum atomic E-state index is -0.482. The van der Waals surface area contributed by atoms with Crippen LogP contribution in [0.25, 0.3) is 0 Å². The predicted molar refractivity (Wildman–Crippen MR) is 116 cm³/mol. The van der Waals surface area contributed by atoms with Crippen molar-refractivity contribution in [2.24, 2.45) is 0 Å². The highest BCUT2D eigenvalue weighted by Gasteiger charge is 2.30. The van der Waals surface area contributed by atoms with Crippen LogP contribution in [0.1, 0.15) is 29.3 Å². The number of fused-ring (bicyclic) bond motifs is 1. The number of aromatic nitrogens is 2. The van der Waals surface area contributed by atoms with Crippen LogP contribution >= 0.6 is 0 Å². The molecule has 9 nitrogen and oxygen atoms in total. The molecular weight excluding hydrogens is 398 g/mol. The highest BCUT2D eigenvalue weighted by molar-refractivity contribution is 5.91. The molecule has 0 fully saturated rings. The fourth-order valence-electron chi connectivity index (χ4n) is 3.66. The van der Waals surface area contributed by atoms with Crippen LogP contribution in [-0.4, -0.2) is 34.0 Å². The summed E-state index contributed by atoms with van der Waals surface area (Å²) < 4.78 is 5.02. The topological polar surface area (TPSA) is 110 Å². The Labute approximate surface area is 178 Å². The zero-order chi connectivity index (χ0) is 21.8. The summed E-state index contributed by atoms with van der Waals surface area (Å²) in [6, 6.07) is 14.4. The average molecular weight is 419 g/mol. The maximum Gasteiger partial charge on any atom is 0.354 e. The van der Waals surface area contributed by atoms with Gasteiger partial charge in [0.05, 0.1) is 17.1 Å². The number of esters is 1. The molecule has 0 saturated carbocycles. The first-order chi connectivity index (χ1) is 15.1.